The van der Waals surface area contributed by atoms with Crippen molar-refractivity contribution in [2.45, 2.75) is 39.0 Å². The van der Waals surface area contributed by atoms with Gasteiger partial charge in [0, 0.05) is 5.69 Å². The summed E-state index contributed by atoms with van der Waals surface area (Å²) in [6, 6.07) is 4.80. The summed E-state index contributed by atoms with van der Waals surface area (Å²) in [5, 5.41) is 2.77. The minimum absolute atomic E-state index is 0.0613. The molecule has 1 amide bonds. The van der Waals surface area contributed by atoms with E-state index in [4.69, 9.17) is 0 Å². The Hall–Kier alpha value is -1.42. The molecule has 0 bridgehead atoms. The van der Waals surface area contributed by atoms with Gasteiger partial charge in [-0.1, -0.05) is 25.3 Å². The average Bonchev–Trinajstić information content (AvgIpc) is 2.37. The normalized spacial score (nSPS) is 17.3. The highest BCUT2D eigenvalue weighted by Gasteiger charge is 2.12. The van der Waals surface area contributed by atoms with Gasteiger partial charge >= 0.3 is 0 Å². The van der Waals surface area contributed by atoms with Crippen molar-refractivity contribution in [3.8, 4) is 0 Å². The second-order valence-corrected chi connectivity index (χ2v) is 5.56. The number of aryl methyl sites for hydroxylation is 1. The van der Waals surface area contributed by atoms with E-state index in [0.717, 1.165) is 25.9 Å². The van der Waals surface area contributed by atoms with Gasteiger partial charge < -0.3 is 5.32 Å². The minimum atomic E-state index is -0.283. The molecule has 1 aliphatic rings. The van der Waals surface area contributed by atoms with Crippen molar-refractivity contribution < 1.29 is 9.18 Å². The Morgan fingerprint density at radius 1 is 1.20 bits per heavy atom. The first kappa shape index (κ1) is 15.0. The predicted molar refractivity (Wildman–Crippen MR) is 79.3 cm³/mol. The Bertz CT molecular complexity index is 454. The Balaban J connectivity index is 1.85. The van der Waals surface area contributed by atoms with Gasteiger partial charge in [-0.15, -0.1) is 0 Å². The summed E-state index contributed by atoms with van der Waals surface area (Å²) in [5.74, 6) is -0.345. The molecule has 1 N–H and O–H groups in total. The molecular formula is C16H23FN2O. The van der Waals surface area contributed by atoms with Gasteiger partial charge in [-0.2, -0.15) is 0 Å². The zero-order valence-electron chi connectivity index (χ0n) is 12.1. The lowest BCUT2D eigenvalue weighted by molar-refractivity contribution is -0.117. The predicted octanol–water partition coefficient (Wildman–Crippen LogP) is 3.34. The second kappa shape index (κ2) is 7.39. The van der Waals surface area contributed by atoms with Gasteiger partial charge in [-0.05, 0) is 50.6 Å². The zero-order valence-corrected chi connectivity index (χ0v) is 12.1. The van der Waals surface area contributed by atoms with Crippen LogP contribution in [0.1, 0.15) is 37.7 Å². The van der Waals surface area contributed by atoms with Crippen molar-refractivity contribution in [1.82, 2.24) is 4.90 Å². The van der Waals surface area contributed by atoms with Crippen molar-refractivity contribution in [3.63, 3.8) is 0 Å². The molecule has 1 aromatic carbocycles. The lowest BCUT2D eigenvalue weighted by Gasteiger charge is -2.23. The summed E-state index contributed by atoms with van der Waals surface area (Å²) in [7, 11) is 0. The van der Waals surface area contributed by atoms with Crippen LogP contribution in [0.3, 0.4) is 0 Å². The molecule has 1 aliphatic heterocycles. The van der Waals surface area contributed by atoms with Crippen LogP contribution in [0.5, 0.6) is 0 Å². The van der Waals surface area contributed by atoms with E-state index in [2.05, 4.69) is 10.2 Å². The van der Waals surface area contributed by atoms with E-state index in [-0.39, 0.29) is 11.7 Å². The average molecular weight is 278 g/mol. The fourth-order valence-corrected chi connectivity index (χ4v) is 2.55. The highest BCUT2D eigenvalue weighted by atomic mass is 19.1. The van der Waals surface area contributed by atoms with Crippen molar-refractivity contribution in [1.29, 1.82) is 0 Å². The van der Waals surface area contributed by atoms with Crippen LogP contribution in [0.15, 0.2) is 18.2 Å². The number of carbonyl (C=O) groups excluding carboxylic acids is 1. The van der Waals surface area contributed by atoms with Gasteiger partial charge in [-0.3, -0.25) is 9.69 Å². The SMILES string of the molecule is Cc1ccc(NC(=O)CN2CCCCCCC2)cc1F. The zero-order chi connectivity index (χ0) is 14.4. The molecule has 1 heterocycles. The third-order valence-corrected chi connectivity index (χ3v) is 3.77. The second-order valence-electron chi connectivity index (χ2n) is 5.56. The van der Waals surface area contributed by atoms with E-state index in [1.165, 1.54) is 25.3 Å². The Labute approximate surface area is 120 Å². The Morgan fingerprint density at radius 2 is 1.85 bits per heavy atom. The molecule has 1 fully saturated rings. The maximum Gasteiger partial charge on any atom is 0.238 e. The Morgan fingerprint density at radius 3 is 2.50 bits per heavy atom. The molecule has 0 radical (unpaired) electrons. The van der Waals surface area contributed by atoms with Crippen LogP contribution in [0, 0.1) is 12.7 Å². The fraction of sp³-hybridized carbons (Fsp3) is 0.562. The largest absolute Gasteiger partial charge is 0.325 e. The molecule has 20 heavy (non-hydrogen) atoms. The molecule has 0 aliphatic carbocycles. The molecule has 2 rings (SSSR count). The summed E-state index contributed by atoms with van der Waals surface area (Å²) in [6.45, 7) is 4.07. The lowest BCUT2D eigenvalue weighted by Crippen LogP contribution is -2.35. The van der Waals surface area contributed by atoms with E-state index >= 15 is 0 Å². The summed E-state index contributed by atoms with van der Waals surface area (Å²) in [6.07, 6.45) is 6.13. The van der Waals surface area contributed by atoms with Gasteiger partial charge in [0.2, 0.25) is 5.91 Å². The van der Waals surface area contributed by atoms with Gasteiger partial charge in [-0.25, -0.2) is 4.39 Å². The molecule has 0 aromatic heterocycles. The van der Waals surface area contributed by atoms with Crippen molar-refractivity contribution >= 4 is 11.6 Å². The number of benzene rings is 1. The summed E-state index contributed by atoms with van der Waals surface area (Å²) < 4.78 is 13.4. The van der Waals surface area contributed by atoms with Crippen molar-refractivity contribution in [2.75, 3.05) is 25.0 Å². The summed E-state index contributed by atoms with van der Waals surface area (Å²) in [4.78, 5) is 14.2. The standard InChI is InChI=1S/C16H23FN2O/c1-13-7-8-14(11-15(13)17)18-16(20)12-19-9-5-3-2-4-6-10-19/h7-8,11H,2-6,9-10,12H2,1H3,(H,18,20). The molecule has 1 aromatic rings. The number of nitrogens with one attached hydrogen (secondary N) is 1. The third-order valence-electron chi connectivity index (χ3n) is 3.77. The molecule has 0 spiro atoms. The molecular weight excluding hydrogens is 255 g/mol. The lowest BCUT2D eigenvalue weighted by atomic mass is 10.1. The number of hydrogen-bond acceptors (Lipinski definition) is 2. The maximum absolute atomic E-state index is 13.4. The van der Waals surface area contributed by atoms with Crippen LogP contribution < -0.4 is 5.32 Å². The summed E-state index contributed by atoms with van der Waals surface area (Å²) >= 11 is 0. The van der Waals surface area contributed by atoms with E-state index in [1.807, 2.05) is 0 Å². The number of hydrogen-bond donors (Lipinski definition) is 1. The number of amides is 1. The van der Waals surface area contributed by atoms with E-state index < -0.39 is 0 Å². The molecule has 3 nitrogen and oxygen atoms in total. The molecule has 1 saturated heterocycles. The van der Waals surface area contributed by atoms with Gasteiger partial charge in [0.25, 0.3) is 0 Å². The highest BCUT2D eigenvalue weighted by molar-refractivity contribution is 5.92. The van der Waals surface area contributed by atoms with Crippen LogP contribution in [-0.2, 0) is 4.79 Å². The van der Waals surface area contributed by atoms with Crippen LogP contribution in [-0.4, -0.2) is 30.4 Å². The molecule has 4 heteroatoms. The van der Waals surface area contributed by atoms with Gasteiger partial charge in [0.1, 0.15) is 5.82 Å². The monoisotopic (exact) mass is 278 g/mol. The minimum Gasteiger partial charge on any atom is -0.325 e. The highest BCUT2D eigenvalue weighted by Crippen LogP contribution is 2.14. The fourth-order valence-electron chi connectivity index (χ4n) is 2.55. The Kier molecular flexibility index (Phi) is 5.53. The number of nitrogens with zero attached hydrogens (tertiary/aromatic N) is 1. The van der Waals surface area contributed by atoms with Crippen LogP contribution in [0.25, 0.3) is 0 Å². The number of rotatable bonds is 3. The number of anilines is 1. The van der Waals surface area contributed by atoms with Gasteiger partial charge in [0.15, 0.2) is 0 Å². The van der Waals surface area contributed by atoms with Crippen molar-refractivity contribution in [3.05, 3.63) is 29.6 Å². The molecule has 0 unspecified atom stereocenters. The number of halogens is 1. The van der Waals surface area contributed by atoms with Crippen LogP contribution >= 0.6 is 0 Å². The molecule has 0 saturated carbocycles. The number of carbonyl (C=O) groups is 1. The maximum atomic E-state index is 13.4. The smallest absolute Gasteiger partial charge is 0.238 e. The first-order valence-electron chi connectivity index (χ1n) is 7.43. The van der Waals surface area contributed by atoms with E-state index in [0.29, 0.717) is 17.8 Å². The van der Waals surface area contributed by atoms with E-state index in [9.17, 15) is 9.18 Å². The van der Waals surface area contributed by atoms with Crippen molar-refractivity contribution in [2.24, 2.45) is 0 Å². The summed E-state index contributed by atoms with van der Waals surface area (Å²) in [5.41, 5.74) is 1.12. The van der Waals surface area contributed by atoms with E-state index in [1.54, 1.807) is 19.1 Å². The molecule has 0 atom stereocenters. The van der Waals surface area contributed by atoms with Gasteiger partial charge in [0.05, 0.1) is 6.54 Å². The quantitative estimate of drug-likeness (QED) is 0.919. The molecule has 110 valence electrons. The third kappa shape index (κ3) is 4.60. The topological polar surface area (TPSA) is 32.3 Å². The van der Waals surface area contributed by atoms with Crippen LogP contribution in [0.2, 0.25) is 0 Å². The number of likely N-dealkylation sites (tertiary alicyclic amines) is 1. The van der Waals surface area contributed by atoms with Crippen LogP contribution in [0.4, 0.5) is 10.1 Å². The first-order chi connectivity index (χ1) is 9.65. The first-order valence-corrected chi connectivity index (χ1v) is 7.43.